The summed E-state index contributed by atoms with van der Waals surface area (Å²) >= 11 is 3.39. The van der Waals surface area contributed by atoms with E-state index in [4.69, 9.17) is 4.74 Å². The molecule has 0 spiro atoms. The monoisotopic (exact) mass is 351 g/mol. The van der Waals surface area contributed by atoms with Gasteiger partial charge in [0.2, 0.25) is 0 Å². The zero-order valence-electron chi connectivity index (χ0n) is 12.0. The summed E-state index contributed by atoms with van der Waals surface area (Å²) in [7, 11) is 1.88. The molecule has 112 valence electrons. The average Bonchev–Trinajstić information content (AvgIpc) is 2.49. The van der Waals surface area contributed by atoms with Crippen molar-refractivity contribution in [2.75, 3.05) is 20.2 Å². The van der Waals surface area contributed by atoms with E-state index in [1.165, 1.54) is 6.07 Å². The molecule has 1 atom stereocenters. The lowest BCUT2D eigenvalue weighted by Crippen LogP contribution is -2.20. The zero-order chi connectivity index (χ0) is 15.1. The SMILES string of the molecule is CNCC(CCOc1ccc(Br)cc1)c1ccccc1F. The van der Waals surface area contributed by atoms with Gasteiger partial charge in [0.05, 0.1) is 6.61 Å². The molecule has 0 heterocycles. The van der Waals surface area contributed by atoms with Crippen molar-refractivity contribution in [2.45, 2.75) is 12.3 Å². The van der Waals surface area contributed by atoms with Gasteiger partial charge in [-0.2, -0.15) is 0 Å². The molecular formula is C17H19BrFNO. The van der Waals surface area contributed by atoms with E-state index in [0.717, 1.165) is 28.8 Å². The van der Waals surface area contributed by atoms with Crippen molar-refractivity contribution in [3.8, 4) is 5.75 Å². The predicted molar refractivity (Wildman–Crippen MR) is 87.3 cm³/mol. The van der Waals surface area contributed by atoms with Crippen LogP contribution in [0.4, 0.5) is 4.39 Å². The Bertz CT molecular complexity index is 559. The van der Waals surface area contributed by atoms with Crippen LogP contribution in [0.3, 0.4) is 0 Å². The largest absolute Gasteiger partial charge is 0.494 e. The fourth-order valence-electron chi connectivity index (χ4n) is 2.27. The fraction of sp³-hybridized carbons (Fsp3) is 0.294. The first-order valence-electron chi connectivity index (χ1n) is 6.98. The van der Waals surface area contributed by atoms with Gasteiger partial charge in [0.1, 0.15) is 11.6 Å². The van der Waals surface area contributed by atoms with Crippen molar-refractivity contribution in [3.05, 3.63) is 64.4 Å². The summed E-state index contributed by atoms with van der Waals surface area (Å²) in [5.41, 5.74) is 0.742. The van der Waals surface area contributed by atoms with Gasteiger partial charge in [-0.3, -0.25) is 0 Å². The third-order valence-electron chi connectivity index (χ3n) is 3.34. The number of ether oxygens (including phenoxy) is 1. The number of hydrogen-bond donors (Lipinski definition) is 1. The van der Waals surface area contributed by atoms with Gasteiger partial charge in [0, 0.05) is 16.9 Å². The average molecular weight is 352 g/mol. The normalized spacial score (nSPS) is 12.1. The minimum atomic E-state index is -0.151. The number of benzene rings is 2. The van der Waals surface area contributed by atoms with Gasteiger partial charge in [-0.15, -0.1) is 0 Å². The van der Waals surface area contributed by atoms with Crippen LogP contribution < -0.4 is 10.1 Å². The number of hydrogen-bond acceptors (Lipinski definition) is 2. The second-order valence-corrected chi connectivity index (χ2v) is 5.78. The third kappa shape index (κ3) is 4.83. The van der Waals surface area contributed by atoms with E-state index < -0.39 is 0 Å². The molecule has 0 fully saturated rings. The summed E-state index contributed by atoms with van der Waals surface area (Å²) in [5.74, 6) is 0.781. The van der Waals surface area contributed by atoms with E-state index in [1.54, 1.807) is 6.07 Å². The molecule has 2 rings (SSSR count). The Morgan fingerprint density at radius 1 is 1.14 bits per heavy atom. The maximum Gasteiger partial charge on any atom is 0.126 e. The molecule has 0 bridgehead atoms. The minimum absolute atomic E-state index is 0.103. The Kier molecular flexibility index (Phi) is 6.21. The molecule has 1 N–H and O–H groups in total. The van der Waals surface area contributed by atoms with Crippen LogP contribution in [0.15, 0.2) is 53.0 Å². The van der Waals surface area contributed by atoms with Crippen LogP contribution in [0.25, 0.3) is 0 Å². The molecule has 0 aliphatic heterocycles. The van der Waals surface area contributed by atoms with E-state index >= 15 is 0 Å². The van der Waals surface area contributed by atoms with Crippen molar-refractivity contribution in [3.63, 3.8) is 0 Å². The Balaban J connectivity index is 1.94. The molecule has 1 unspecified atom stereocenters. The zero-order valence-corrected chi connectivity index (χ0v) is 13.6. The molecule has 0 aliphatic carbocycles. The summed E-state index contributed by atoms with van der Waals surface area (Å²) in [4.78, 5) is 0. The van der Waals surface area contributed by atoms with Crippen LogP contribution in [0.1, 0.15) is 17.9 Å². The second-order valence-electron chi connectivity index (χ2n) is 4.87. The van der Waals surface area contributed by atoms with Gasteiger partial charge in [0.25, 0.3) is 0 Å². The standard InChI is InChI=1S/C17H19BrFNO/c1-20-12-13(16-4-2-3-5-17(16)19)10-11-21-15-8-6-14(18)7-9-15/h2-9,13,20H,10-12H2,1H3. The molecular weight excluding hydrogens is 333 g/mol. The number of nitrogens with one attached hydrogen (secondary N) is 1. The Labute approximate surface area is 133 Å². The van der Waals surface area contributed by atoms with E-state index in [0.29, 0.717) is 6.61 Å². The number of likely N-dealkylation sites (N-methyl/N-ethyl adjacent to an activating group) is 1. The van der Waals surface area contributed by atoms with Crippen LogP contribution >= 0.6 is 15.9 Å². The molecule has 0 radical (unpaired) electrons. The van der Waals surface area contributed by atoms with Gasteiger partial charge in [-0.1, -0.05) is 34.1 Å². The highest BCUT2D eigenvalue weighted by atomic mass is 79.9. The van der Waals surface area contributed by atoms with Crippen LogP contribution in [0.2, 0.25) is 0 Å². The minimum Gasteiger partial charge on any atom is -0.494 e. The molecule has 2 aromatic rings. The fourth-order valence-corrected chi connectivity index (χ4v) is 2.53. The van der Waals surface area contributed by atoms with Crippen molar-refractivity contribution in [2.24, 2.45) is 0 Å². The van der Waals surface area contributed by atoms with Crippen LogP contribution in [-0.2, 0) is 0 Å². The molecule has 0 aliphatic rings. The Morgan fingerprint density at radius 3 is 2.52 bits per heavy atom. The first-order chi connectivity index (χ1) is 10.2. The highest BCUT2D eigenvalue weighted by Gasteiger charge is 2.14. The first-order valence-corrected chi connectivity index (χ1v) is 7.77. The number of halogens is 2. The van der Waals surface area contributed by atoms with E-state index in [9.17, 15) is 4.39 Å². The number of rotatable bonds is 7. The Hall–Kier alpha value is -1.39. The molecule has 2 aromatic carbocycles. The predicted octanol–water partition coefficient (Wildman–Crippen LogP) is 4.36. The van der Waals surface area contributed by atoms with Gasteiger partial charge >= 0.3 is 0 Å². The van der Waals surface area contributed by atoms with Gasteiger partial charge in [-0.25, -0.2) is 4.39 Å². The quantitative estimate of drug-likeness (QED) is 0.800. The van der Waals surface area contributed by atoms with E-state index in [1.807, 2.05) is 43.4 Å². The van der Waals surface area contributed by atoms with E-state index in [2.05, 4.69) is 21.2 Å². The molecule has 21 heavy (non-hydrogen) atoms. The van der Waals surface area contributed by atoms with E-state index in [-0.39, 0.29) is 11.7 Å². The van der Waals surface area contributed by atoms with Crippen molar-refractivity contribution >= 4 is 15.9 Å². The second kappa shape index (κ2) is 8.15. The van der Waals surface area contributed by atoms with Gasteiger partial charge < -0.3 is 10.1 Å². The molecule has 4 heteroatoms. The first kappa shape index (κ1) is 16.0. The Morgan fingerprint density at radius 2 is 1.86 bits per heavy atom. The smallest absolute Gasteiger partial charge is 0.126 e. The van der Waals surface area contributed by atoms with Crippen LogP contribution in [0.5, 0.6) is 5.75 Å². The van der Waals surface area contributed by atoms with Gasteiger partial charge in [-0.05, 0) is 49.4 Å². The molecule has 2 nitrogen and oxygen atoms in total. The van der Waals surface area contributed by atoms with Crippen molar-refractivity contribution in [1.29, 1.82) is 0 Å². The van der Waals surface area contributed by atoms with Crippen molar-refractivity contribution < 1.29 is 9.13 Å². The lowest BCUT2D eigenvalue weighted by molar-refractivity contribution is 0.295. The van der Waals surface area contributed by atoms with Crippen molar-refractivity contribution in [1.82, 2.24) is 5.32 Å². The maximum atomic E-state index is 13.9. The molecule has 0 saturated carbocycles. The van der Waals surface area contributed by atoms with Crippen LogP contribution in [-0.4, -0.2) is 20.2 Å². The highest BCUT2D eigenvalue weighted by Crippen LogP contribution is 2.23. The molecule has 0 aromatic heterocycles. The summed E-state index contributed by atoms with van der Waals surface area (Å²) in [6.45, 7) is 1.28. The molecule has 0 saturated heterocycles. The summed E-state index contributed by atoms with van der Waals surface area (Å²) in [6.07, 6.45) is 0.762. The highest BCUT2D eigenvalue weighted by molar-refractivity contribution is 9.10. The third-order valence-corrected chi connectivity index (χ3v) is 3.87. The lowest BCUT2D eigenvalue weighted by Gasteiger charge is -2.18. The lowest BCUT2D eigenvalue weighted by atomic mass is 9.95. The maximum absolute atomic E-state index is 13.9. The topological polar surface area (TPSA) is 21.3 Å². The van der Waals surface area contributed by atoms with Gasteiger partial charge in [0.15, 0.2) is 0 Å². The molecule has 0 amide bonds. The summed E-state index contributed by atoms with van der Waals surface area (Å²) in [5, 5.41) is 3.12. The van der Waals surface area contributed by atoms with Crippen LogP contribution in [0, 0.1) is 5.82 Å². The summed E-state index contributed by atoms with van der Waals surface area (Å²) in [6, 6.07) is 14.7. The summed E-state index contributed by atoms with van der Waals surface area (Å²) < 4.78 is 20.6.